The second-order valence-electron chi connectivity index (χ2n) is 7.28. The fourth-order valence-electron chi connectivity index (χ4n) is 3.71. The van der Waals surface area contributed by atoms with E-state index < -0.39 is 5.60 Å². The third-order valence-corrected chi connectivity index (χ3v) is 5.58. The molecule has 0 saturated carbocycles. The van der Waals surface area contributed by atoms with E-state index in [-0.39, 0.29) is 6.03 Å². The minimum atomic E-state index is -0.879. The second kappa shape index (κ2) is 8.79. The molecule has 0 radical (unpaired) electrons. The Kier molecular flexibility index (Phi) is 6.45. The van der Waals surface area contributed by atoms with Crippen molar-refractivity contribution in [3.05, 3.63) is 30.1 Å². The molecule has 0 unspecified atom stereocenters. The molecule has 0 aromatic carbocycles. The van der Waals surface area contributed by atoms with Crippen LogP contribution in [0.15, 0.2) is 24.5 Å². The predicted octanol–water partition coefficient (Wildman–Crippen LogP) is 1.19. The number of ether oxygens (including phenoxy) is 1. The minimum absolute atomic E-state index is 0.0348. The first kappa shape index (κ1) is 19.1. The lowest BCUT2D eigenvalue weighted by Crippen LogP contribution is -2.49. The number of urea groups is 1. The van der Waals surface area contributed by atoms with Gasteiger partial charge < -0.3 is 20.1 Å². The van der Waals surface area contributed by atoms with Crippen LogP contribution in [0.5, 0.6) is 0 Å². The molecular formula is C19H30N4O3. The molecule has 7 heteroatoms. The van der Waals surface area contributed by atoms with E-state index in [2.05, 4.69) is 22.1 Å². The smallest absolute Gasteiger partial charge is 0.317 e. The average molecular weight is 362 g/mol. The van der Waals surface area contributed by atoms with E-state index in [0.717, 1.165) is 38.3 Å². The van der Waals surface area contributed by atoms with Crippen LogP contribution >= 0.6 is 0 Å². The molecule has 2 aliphatic rings. The zero-order valence-electron chi connectivity index (χ0n) is 15.6. The molecule has 2 aliphatic heterocycles. The van der Waals surface area contributed by atoms with Crippen molar-refractivity contribution in [1.29, 1.82) is 0 Å². The maximum absolute atomic E-state index is 12.4. The Morgan fingerprint density at radius 1 is 1.35 bits per heavy atom. The number of nitrogens with one attached hydrogen (secondary N) is 1. The Morgan fingerprint density at radius 2 is 2.08 bits per heavy atom. The van der Waals surface area contributed by atoms with Gasteiger partial charge in [-0.05, 0) is 32.3 Å². The monoisotopic (exact) mass is 362 g/mol. The van der Waals surface area contributed by atoms with Crippen LogP contribution in [0.4, 0.5) is 4.79 Å². The fourth-order valence-corrected chi connectivity index (χ4v) is 3.71. The van der Waals surface area contributed by atoms with Gasteiger partial charge in [-0.1, -0.05) is 6.07 Å². The van der Waals surface area contributed by atoms with Gasteiger partial charge in [0.05, 0.1) is 18.8 Å². The molecule has 1 aromatic heterocycles. The standard InChI is InChI=1S/C19H30N4O3/c1-16(22-11-13-26-14-12-22)4-8-21-18(24)23-9-5-19(25,6-10-23)17-3-2-7-20-15-17/h2-3,7,15-16,25H,4-6,8-14H2,1H3,(H,21,24)/t16-/m1/s1. The molecule has 2 saturated heterocycles. The number of hydrogen-bond acceptors (Lipinski definition) is 5. The number of piperidine rings is 1. The van der Waals surface area contributed by atoms with Crippen molar-refractivity contribution < 1.29 is 14.6 Å². The zero-order chi connectivity index (χ0) is 18.4. The van der Waals surface area contributed by atoms with E-state index in [1.54, 1.807) is 17.3 Å². The summed E-state index contributed by atoms with van der Waals surface area (Å²) in [6.07, 6.45) is 5.42. The van der Waals surface area contributed by atoms with Crippen LogP contribution in [-0.2, 0) is 10.3 Å². The molecule has 144 valence electrons. The Balaban J connectivity index is 1.40. The van der Waals surface area contributed by atoms with E-state index in [1.165, 1.54) is 0 Å². The SMILES string of the molecule is C[C@H](CCNC(=O)N1CCC(O)(c2cccnc2)CC1)N1CCOCC1. The lowest BCUT2D eigenvalue weighted by atomic mass is 9.85. The van der Waals surface area contributed by atoms with Crippen molar-refractivity contribution in [2.75, 3.05) is 45.9 Å². The summed E-state index contributed by atoms with van der Waals surface area (Å²) in [5.74, 6) is 0. The number of carbonyl (C=O) groups excluding carboxylic acids is 1. The van der Waals surface area contributed by atoms with Crippen LogP contribution in [0.3, 0.4) is 0 Å². The summed E-state index contributed by atoms with van der Waals surface area (Å²) in [6.45, 7) is 7.50. The number of nitrogens with zero attached hydrogens (tertiary/aromatic N) is 3. The maximum Gasteiger partial charge on any atom is 0.317 e. The number of morpholine rings is 1. The second-order valence-corrected chi connectivity index (χ2v) is 7.28. The third kappa shape index (κ3) is 4.72. The molecule has 2 amide bonds. The highest BCUT2D eigenvalue weighted by atomic mass is 16.5. The molecule has 3 heterocycles. The number of likely N-dealkylation sites (tertiary alicyclic amines) is 1. The van der Waals surface area contributed by atoms with Gasteiger partial charge in [0.2, 0.25) is 0 Å². The van der Waals surface area contributed by atoms with Crippen molar-refractivity contribution in [3.8, 4) is 0 Å². The minimum Gasteiger partial charge on any atom is -0.385 e. The van der Waals surface area contributed by atoms with Crippen LogP contribution < -0.4 is 5.32 Å². The normalized spacial score (nSPS) is 22.0. The molecule has 7 nitrogen and oxygen atoms in total. The quantitative estimate of drug-likeness (QED) is 0.823. The molecule has 0 bridgehead atoms. The number of hydrogen-bond donors (Lipinski definition) is 2. The largest absolute Gasteiger partial charge is 0.385 e. The molecule has 1 aromatic rings. The summed E-state index contributed by atoms with van der Waals surface area (Å²) in [4.78, 5) is 20.7. The summed E-state index contributed by atoms with van der Waals surface area (Å²) in [7, 11) is 0. The van der Waals surface area contributed by atoms with Gasteiger partial charge in [0, 0.05) is 56.7 Å². The van der Waals surface area contributed by atoms with Gasteiger partial charge in [-0.2, -0.15) is 0 Å². The Morgan fingerprint density at radius 3 is 2.73 bits per heavy atom. The topological polar surface area (TPSA) is 77.9 Å². The first-order chi connectivity index (χ1) is 12.6. The highest BCUT2D eigenvalue weighted by Crippen LogP contribution is 2.32. The number of carbonyl (C=O) groups is 1. The van der Waals surface area contributed by atoms with E-state index in [4.69, 9.17) is 4.74 Å². The first-order valence-corrected chi connectivity index (χ1v) is 9.56. The van der Waals surface area contributed by atoms with Gasteiger partial charge in [0.1, 0.15) is 0 Å². The van der Waals surface area contributed by atoms with Crippen molar-refractivity contribution in [2.45, 2.75) is 37.8 Å². The number of pyridine rings is 1. The highest BCUT2D eigenvalue weighted by molar-refractivity contribution is 5.74. The summed E-state index contributed by atoms with van der Waals surface area (Å²) >= 11 is 0. The fraction of sp³-hybridized carbons (Fsp3) is 0.684. The molecular weight excluding hydrogens is 332 g/mol. The van der Waals surface area contributed by atoms with E-state index in [0.29, 0.717) is 38.5 Å². The summed E-state index contributed by atoms with van der Waals surface area (Å²) in [5, 5.41) is 13.8. The number of amides is 2. The molecule has 1 atom stereocenters. The number of rotatable bonds is 5. The van der Waals surface area contributed by atoms with Crippen molar-refractivity contribution in [2.24, 2.45) is 0 Å². The lowest BCUT2D eigenvalue weighted by Gasteiger charge is -2.38. The van der Waals surface area contributed by atoms with Gasteiger partial charge in [-0.25, -0.2) is 4.79 Å². The van der Waals surface area contributed by atoms with Crippen molar-refractivity contribution in [1.82, 2.24) is 20.1 Å². The van der Waals surface area contributed by atoms with Gasteiger partial charge in [0.25, 0.3) is 0 Å². The lowest BCUT2D eigenvalue weighted by molar-refractivity contribution is -0.0171. The van der Waals surface area contributed by atoms with Crippen LogP contribution in [-0.4, -0.2) is 77.9 Å². The third-order valence-electron chi connectivity index (χ3n) is 5.58. The summed E-state index contributed by atoms with van der Waals surface area (Å²) in [6, 6.07) is 4.14. The van der Waals surface area contributed by atoms with Crippen molar-refractivity contribution >= 4 is 6.03 Å². The van der Waals surface area contributed by atoms with E-state index in [9.17, 15) is 9.90 Å². The average Bonchev–Trinajstić information content (AvgIpc) is 2.69. The van der Waals surface area contributed by atoms with Gasteiger partial charge in [0.15, 0.2) is 0 Å². The van der Waals surface area contributed by atoms with Gasteiger partial charge >= 0.3 is 6.03 Å². The predicted molar refractivity (Wildman–Crippen MR) is 98.8 cm³/mol. The van der Waals surface area contributed by atoms with Crippen LogP contribution in [0, 0.1) is 0 Å². The van der Waals surface area contributed by atoms with Gasteiger partial charge in [-0.15, -0.1) is 0 Å². The summed E-state index contributed by atoms with van der Waals surface area (Å²) < 4.78 is 5.38. The number of aliphatic hydroxyl groups is 1. The maximum atomic E-state index is 12.4. The van der Waals surface area contributed by atoms with Crippen LogP contribution in [0.1, 0.15) is 31.7 Å². The molecule has 3 rings (SSSR count). The molecule has 2 N–H and O–H groups in total. The Bertz CT molecular complexity index is 569. The molecule has 0 spiro atoms. The van der Waals surface area contributed by atoms with Crippen LogP contribution in [0.25, 0.3) is 0 Å². The Hall–Kier alpha value is -1.70. The summed E-state index contributed by atoms with van der Waals surface area (Å²) in [5.41, 5.74) is -0.0463. The highest BCUT2D eigenvalue weighted by Gasteiger charge is 2.35. The molecule has 26 heavy (non-hydrogen) atoms. The van der Waals surface area contributed by atoms with Crippen molar-refractivity contribution in [3.63, 3.8) is 0 Å². The van der Waals surface area contributed by atoms with Crippen LogP contribution in [0.2, 0.25) is 0 Å². The first-order valence-electron chi connectivity index (χ1n) is 9.56. The van der Waals surface area contributed by atoms with Gasteiger partial charge in [-0.3, -0.25) is 9.88 Å². The number of aromatic nitrogens is 1. The molecule has 2 fully saturated rings. The zero-order valence-corrected chi connectivity index (χ0v) is 15.6. The molecule has 0 aliphatic carbocycles. The van der Waals surface area contributed by atoms with E-state index >= 15 is 0 Å². The Labute approximate surface area is 155 Å². The van der Waals surface area contributed by atoms with E-state index in [1.807, 2.05) is 12.1 Å².